The molecule has 0 atom stereocenters. The molecule has 1 aliphatic heterocycles. The van der Waals surface area contributed by atoms with Crippen LogP contribution in [0, 0.1) is 3.57 Å². The third-order valence-electron chi connectivity index (χ3n) is 3.65. The number of carbonyl (C=O) groups is 2. The van der Waals surface area contributed by atoms with Gasteiger partial charge in [0.15, 0.2) is 0 Å². The van der Waals surface area contributed by atoms with Gasteiger partial charge < -0.3 is 4.74 Å². The number of hydrogen-bond donors (Lipinski definition) is 0. The van der Waals surface area contributed by atoms with Gasteiger partial charge in [0, 0.05) is 10.1 Å². The molecule has 2 aromatic carbocycles. The number of benzene rings is 2. The molecular weight excluding hydrogens is 493 g/mol. The smallest absolute Gasteiger partial charge is 0.344 e. The first-order valence-electron chi connectivity index (χ1n) is 7.92. The van der Waals surface area contributed by atoms with E-state index in [4.69, 9.17) is 17.0 Å². The number of thioether (sulfide) groups is 1. The Hall–Kier alpha value is -1.97. The van der Waals surface area contributed by atoms with Crippen LogP contribution in [0.3, 0.4) is 0 Å². The Morgan fingerprint density at radius 1 is 1.26 bits per heavy atom. The molecule has 4 nitrogen and oxygen atoms in total. The number of rotatable bonds is 5. The molecule has 1 heterocycles. The Bertz CT molecular complexity index is 971. The number of thiocarbonyl (C=S) groups is 1. The molecule has 7 heteroatoms. The molecule has 136 valence electrons. The lowest BCUT2D eigenvalue weighted by Gasteiger charge is -2.10. The average Bonchev–Trinajstić information content (AvgIpc) is 2.90. The van der Waals surface area contributed by atoms with Crippen molar-refractivity contribution in [2.45, 2.75) is 0 Å². The summed E-state index contributed by atoms with van der Waals surface area (Å²) in [5.74, 6) is -0.157. The topological polar surface area (TPSA) is 46.6 Å². The fraction of sp³-hybridized carbons (Fsp3) is 0.0500. The lowest BCUT2D eigenvalue weighted by atomic mass is 10.2. The summed E-state index contributed by atoms with van der Waals surface area (Å²) in [5, 5.41) is 0. The Morgan fingerprint density at radius 2 is 2.04 bits per heavy atom. The highest BCUT2D eigenvalue weighted by Crippen LogP contribution is 2.32. The molecule has 0 spiro atoms. The first-order valence-corrected chi connectivity index (χ1v) is 10.2. The van der Waals surface area contributed by atoms with Crippen molar-refractivity contribution < 1.29 is 14.3 Å². The summed E-state index contributed by atoms with van der Waals surface area (Å²) in [5.41, 5.74) is 1.26. The first kappa shape index (κ1) is 19.8. The van der Waals surface area contributed by atoms with E-state index < -0.39 is 5.97 Å². The molecule has 3 rings (SSSR count). The summed E-state index contributed by atoms with van der Waals surface area (Å²) >= 11 is 8.58. The summed E-state index contributed by atoms with van der Waals surface area (Å²) in [6.45, 7) is 4.03. The number of hydrogen-bond acceptors (Lipinski definition) is 5. The van der Waals surface area contributed by atoms with E-state index in [1.165, 1.54) is 16.7 Å². The highest BCUT2D eigenvalue weighted by molar-refractivity contribution is 14.1. The van der Waals surface area contributed by atoms with E-state index in [2.05, 4.69) is 29.2 Å². The van der Waals surface area contributed by atoms with Crippen LogP contribution >= 0.6 is 46.6 Å². The van der Waals surface area contributed by atoms with Crippen LogP contribution in [0.4, 0.5) is 0 Å². The van der Waals surface area contributed by atoms with Crippen molar-refractivity contribution in [2.24, 2.45) is 0 Å². The van der Waals surface area contributed by atoms with Crippen LogP contribution in [-0.2, 0) is 4.79 Å². The molecule has 0 bridgehead atoms. The lowest BCUT2D eigenvalue weighted by Crippen LogP contribution is -2.27. The first-order chi connectivity index (χ1) is 13.0. The van der Waals surface area contributed by atoms with E-state index in [-0.39, 0.29) is 5.91 Å². The lowest BCUT2D eigenvalue weighted by molar-refractivity contribution is -0.121. The number of nitrogens with zero attached hydrogens (tertiary/aromatic N) is 1. The monoisotopic (exact) mass is 507 g/mol. The van der Waals surface area contributed by atoms with Gasteiger partial charge in [-0.05, 0) is 58.5 Å². The molecule has 2 aromatic rings. The van der Waals surface area contributed by atoms with Crippen LogP contribution in [0.1, 0.15) is 15.9 Å². The van der Waals surface area contributed by atoms with E-state index in [1.807, 2.05) is 18.2 Å². The number of amides is 1. The Morgan fingerprint density at radius 3 is 2.78 bits per heavy atom. The van der Waals surface area contributed by atoms with E-state index in [1.54, 1.807) is 42.5 Å². The standard InChI is InChI=1S/C20H14INO3S2/c1-2-10-22-18(23)17(27-20(22)26)12-13-6-5-7-14(11-13)25-19(24)15-8-3-4-9-16(15)21/h2-9,11-12H,1,10H2/b17-12+. The van der Waals surface area contributed by atoms with Gasteiger partial charge in [0.2, 0.25) is 0 Å². The minimum atomic E-state index is -0.422. The Balaban J connectivity index is 1.79. The molecule has 1 aliphatic rings. The number of carbonyl (C=O) groups excluding carboxylic acids is 2. The van der Waals surface area contributed by atoms with Crippen LogP contribution < -0.4 is 4.74 Å². The van der Waals surface area contributed by atoms with Crippen LogP contribution in [0.2, 0.25) is 0 Å². The zero-order chi connectivity index (χ0) is 19.4. The number of esters is 1. The van der Waals surface area contributed by atoms with Gasteiger partial charge in [-0.2, -0.15) is 0 Å². The summed E-state index contributed by atoms with van der Waals surface area (Å²) < 4.78 is 6.81. The van der Waals surface area contributed by atoms with Gasteiger partial charge >= 0.3 is 5.97 Å². The van der Waals surface area contributed by atoms with Crippen LogP contribution in [-0.4, -0.2) is 27.6 Å². The fourth-order valence-corrected chi connectivity index (χ4v) is 4.28. The second-order valence-electron chi connectivity index (χ2n) is 5.52. The predicted octanol–water partition coefficient (Wildman–Crippen LogP) is 4.90. The van der Waals surface area contributed by atoms with Gasteiger partial charge in [0.25, 0.3) is 5.91 Å². The SMILES string of the molecule is C=CCN1C(=O)/C(=C\c2cccc(OC(=O)c3ccccc3I)c2)SC1=S. The van der Waals surface area contributed by atoms with Gasteiger partial charge in [-0.3, -0.25) is 9.69 Å². The Kier molecular flexibility index (Phi) is 6.46. The second-order valence-corrected chi connectivity index (χ2v) is 8.36. The van der Waals surface area contributed by atoms with Crippen molar-refractivity contribution in [1.82, 2.24) is 4.90 Å². The molecule has 1 fully saturated rings. The summed E-state index contributed by atoms with van der Waals surface area (Å²) in [6.07, 6.45) is 3.38. The molecular formula is C20H14INO3S2. The van der Waals surface area contributed by atoms with Gasteiger partial charge in [0.05, 0.1) is 10.5 Å². The van der Waals surface area contributed by atoms with Crippen molar-refractivity contribution in [3.05, 3.63) is 80.8 Å². The molecule has 0 aromatic heterocycles. The fourth-order valence-electron chi connectivity index (χ4n) is 2.39. The average molecular weight is 507 g/mol. The molecule has 0 aliphatic carbocycles. The summed E-state index contributed by atoms with van der Waals surface area (Å²) in [6, 6.07) is 14.3. The van der Waals surface area contributed by atoms with E-state index in [0.717, 1.165) is 9.13 Å². The molecule has 0 saturated carbocycles. The van der Waals surface area contributed by atoms with Crippen molar-refractivity contribution in [1.29, 1.82) is 0 Å². The van der Waals surface area contributed by atoms with Gasteiger partial charge in [-0.25, -0.2) is 4.79 Å². The second kappa shape index (κ2) is 8.81. The molecule has 0 radical (unpaired) electrons. The highest BCUT2D eigenvalue weighted by Gasteiger charge is 2.30. The van der Waals surface area contributed by atoms with Crippen molar-refractivity contribution in [2.75, 3.05) is 6.54 Å². The Labute approximate surface area is 180 Å². The number of ether oxygens (including phenoxy) is 1. The van der Waals surface area contributed by atoms with Crippen molar-refractivity contribution >= 4 is 68.8 Å². The molecule has 0 unspecified atom stereocenters. The minimum absolute atomic E-state index is 0.147. The third kappa shape index (κ3) is 4.66. The van der Waals surface area contributed by atoms with Crippen LogP contribution in [0.25, 0.3) is 6.08 Å². The summed E-state index contributed by atoms with van der Waals surface area (Å²) in [7, 11) is 0. The van der Waals surface area contributed by atoms with Gasteiger partial charge in [-0.15, -0.1) is 6.58 Å². The third-order valence-corrected chi connectivity index (χ3v) is 5.96. The predicted molar refractivity (Wildman–Crippen MR) is 121 cm³/mol. The zero-order valence-corrected chi connectivity index (χ0v) is 17.8. The zero-order valence-electron chi connectivity index (χ0n) is 14.1. The van der Waals surface area contributed by atoms with Crippen molar-refractivity contribution in [3.63, 3.8) is 0 Å². The normalized spacial score (nSPS) is 15.3. The maximum atomic E-state index is 12.4. The van der Waals surface area contributed by atoms with Gasteiger partial charge in [0.1, 0.15) is 10.1 Å². The molecule has 1 saturated heterocycles. The van der Waals surface area contributed by atoms with E-state index in [0.29, 0.717) is 27.1 Å². The maximum absolute atomic E-state index is 12.4. The molecule has 0 N–H and O–H groups in total. The minimum Gasteiger partial charge on any atom is -0.423 e. The highest BCUT2D eigenvalue weighted by atomic mass is 127. The van der Waals surface area contributed by atoms with Crippen molar-refractivity contribution in [3.8, 4) is 5.75 Å². The number of halogens is 1. The summed E-state index contributed by atoms with van der Waals surface area (Å²) in [4.78, 5) is 26.8. The molecule has 27 heavy (non-hydrogen) atoms. The molecule has 1 amide bonds. The van der Waals surface area contributed by atoms with E-state index in [9.17, 15) is 9.59 Å². The van der Waals surface area contributed by atoms with E-state index >= 15 is 0 Å². The largest absolute Gasteiger partial charge is 0.423 e. The quantitative estimate of drug-likeness (QED) is 0.144. The van der Waals surface area contributed by atoms with Crippen LogP contribution in [0.15, 0.2) is 66.1 Å². The maximum Gasteiger partial charge on any atom is 0.344 e. The van der Waals surface area contributed by atoms with Crippen LogP contribution in [0.5, 0.6) is 5.75 Å². The van der Waals surface area contributed by atoms with Gasteiger partial charge in [-0.1, -0.05) is 54.3 Å².